The molecular weight excluding hydrogens is 212 g/mol. The number of rotatable bonds is 5. The van der Waals surface area contributed by atoms with Gasteiger partial charge in [-0.25, -0.2) is 0 Å². The molecule has 0 bridgehead atoms. The summed E-state index contributed by atoms with van der Waals surface area (Å²) >= 11 is 0. The number of hydrogen-bond donors (Lipinski definition) is 3. The minimum absolute atomic E-state index is 0.220. The van der Waals surface area contributed by atoms with Crippen molar-refractivity contribution in [1.29, 1.82) is 0 Å². The summed E-state index contributed by atoms with van der Waals surface area (Å²) in [6, 6.07) is -0.220. The van der Waals surface area contributed by atoms with Gasteiger partial charge in [-0.2, -0.15) is 0 Å². The van der Waals surface area contributed by atoms with Gasteiger partial charge in [0, 0.05) is 6.04 Å². The number of carboxylic acid groups (broad SMARTS) is 1. The summed E-state index contributed by atoms with van der Waals surface area (Å²) in [5.41, 5.74) is 0.259. The van der Waals surface area contributed by atoms with E-state index in [2.05, 4.69) is 20.7 Å². The molecule has 0 spiro atoms. The third-order valence-electron chi connectivity index (χ3n) is 2.17. The van der Waals surface area contributed by atoms with Crippen LogP contribution in [0.2, 0.25) is 0 Å². The molecule has 16 heavy (non-hydrogen) atoms. The molecule has 0 radical (unpaired) electrons. The number of amides is 1. The highest BCUT2D eigenvalue weighted by Gasteiger charge is 2.17. The van der Waals surface area contributed by atoms with E-state index in [4.69, 9.17) is 5.11 Å². The second-order valence-electron chi connectivity index (χ2n) is 3.72. The zero-order valence-corrected chi connectivity index (χ0v) is 9.10. The molecular formula is C9H14N4O3. The molecule has 7 nitrogen and oxygen atoms in total. The van der Waals surface area contributed by atoms with Crippen LogP contribution in [-0.4, -0.2) is 38.4 Å². The summed E-state index contributed by atoms with van der Waals surface area (Å²) in [6.07, 6.45) is 1.69. The van der Waals surface area contributed by atoms with E-state index in [1.165, 1.54) is 6.20 Å². The summed E-state index contributed by atoms with van der Waals surface area (Å²) in [6.45, 7) is 3.35. The molecule has 3 N–H and O–H groups in total. The Kier molecular flexibility index (Phi) is 3.98. The highest BCUT2D eigenvalue weighted by atomic mass is 16.4. The average molecular weight is 226 g/mol. The highest BCUT2D eigenvalue weighted by Crippen LogP contribution is 2.06. The number of hydrogen-bond acceptors (Lipinski definition) is 4. The van der Waals surface area contributed by atoms with Crippen molar-refractivity contribution in [3.05, 3.63) is 11.9 Å². The smallest absolute Gasteiger partial charge is 0.306 e. The van der Waals surface area contributed by atoms with Crippen molar-refractivity contribution in [2.75, 3.05) is 0 Å². The van der Waals surface area contributed by atoms with E-state index in [1.54, 1.807) is 13.8 Å². The maximum Gasteiger partial charge on any atom is 0.306 e. The third kappa shape index (κ3) is 3.34. The second-order valence-corrected chi connectivity index (χ2v) is 3.72. The Balaban J connectivity index is 2.43. The maximum absolute atomic E-state index is 11.5. The lowest BCUT2D eigenvalue weighted by atomic mass is 10.0. The van der Waals surface area contributed by atoms with Crippen LogP contribution < -0.4 is 5.32 Å². The molecule has 0 saturated carbocycles. The summed E-state index contributed by atoms with van der Waals surface area (Å²) in [5, 5.41) is 20.7. The maximum atomic E-state index is 11.5. The van der Waals surface area contributed by atoms with Crippen LogP contribution in [0, 0.1) is 5.92 Å². The van der Waals surface area contributed by atoms with Gasteiger partial charge in [-0.3, -0.25) is 14.7 Å². The lowest BCUT2D eigenvalue weighted by molar-refractivity contribution is -0.141. The van der Waals surface area contributed by atoms with Crippen LogP contribution in [0.1, 0.15) is 30.8 Å². The lowest BCUT2D eigenvalue weighted by Crippen LogP contribution is -2.35. The van der Waals surface area contributed by atoms with Gasteiger partial charge in [0.15, 0.2) is 0 Å². The predicted molar refractivity (Wildman–Crippen MR) is 54.7 cm³/mol. The van der Waals surface area contributed by atoms with E-state index in [-0.39, 0.29) is 17.6 Å². The van der Waals surface area contributed by atoms with E-state index >= 15 is 0 Å². The molecule has 1 amide bonds. The Morgan fingerprint density at radius 2 is 2.25 bits per heavy atom. The molecule has 0 aliphatic heterocycles. The minimum atomic E-state index is -0.871. The summed E-state index contributed by atoms with van der Waals surface area (Å²) in [7, 11) is 0. The number of nitrogens with one attached hydrogen (secondary N) is 2. The van der Waals surface area contributed by atoms with E-state index in [1.807, 2.05) is 0 Å². The molecule has 0 saturated heterocycles. The van der Waals surface area contributed by atoms with Crippen LogP contribution in [0.4, 0.5) is 0 Å². The number of carbonyl (C=O) groups is 2. The van der Waals surface area contributed by atoms with Crippen LogP contribution in [-0.2, 0) is 4.79 Å². The molecule has 1 aromatic rings. The standard InChI is InChI=1S/C9H14N4O3/c1-5(9(15)16)3-6(2)11-8(14)7-4-10-13-12-7/h4-6H,3H2,1-2H3,(H,11,14)(H,15,16)(H,10,12,13). The van der Waals surface area contributed by atoms with Crippen molar-refractivity contribution in [2.45, 2.75) is 26.3 Å². The number of carboxylic acids is 1. The minimum Gasteiger partial charge on any atom is -0.481 e. The first kappa shape index (κ1) is 12.2. The average Bonchev–Trinajstić information content (AvgIpc) is 2.69. The number of aromatic nitrogens is 3. The van der Waals surface area contributed by atoms with Gasteiger partial charge in [0.05, 0.1) is 12.1 Å². The van der Waals surface area contributed by atoms with Crippen molar-refractivity contribution < 1.29 is 14.7 Å². The molecule has 0 aliphatic carbocycles. The van der Waals surface area contributed by atoms with E-state index < -0.39 is 11.9 Å². The molecule has 88 valence electrons. The highest BCUT2D eigenvalue weighted by molar-refractivity contribution is 5.92. The van der Waals surface area contributed by atoms with Gasteiger partial charge >= 0.3 is 5.97 Å². The summed E-state index contributed by atoms with van der Waals surface area (Å²) < 4.78 is 0. The van der Waals surface area contributed by atoms with Crippen molar-refractivity contribution in [3.63, 3.8) is 0 Å². The molecule has 0 aromatic carbocycles. The first-order valence-corrected chi connectivity index (χ1v) is 4.90. The third-order valence-corrected chi connectivity index (χ3v) is 2.17. The Bertz CT molecular complexity index is 363. The second kappa shape index (κ2) is 5.24. The largest absolute Gasteiger partial charge is 0.481 e. The quantitative estimate of drug-likeness (QED) is 0.656. The van der Waals surface area contributed by atoms with Crippen LogP contribution >= 0.6 is 0 Å². The van der Waals surface area contributed by atoms with Crippen LogP contribution in [0.5, 0.6) is 0 Å². The number of aliphatic carboxylic acids is 1. The number of nitrogens with zero attached hydrogens (tertiary/aromatic N) is 2. The number of aromatic amines is 1. The normalized spacial score (nSPS) is 14.1. The Morgan fingerprint density at radius 3 is 2.75 bits per heavy atom. The Morgan fingerprint density at radius 1 is 1.56 bits per heavy atom. The van der Waals surface area contributed by atoms with Gasteiger partial charge in [0.1, 0.15) is 5.69 Å². The van der Waals surface area contributed by atoms with Crippen molar-refractivity contribution in [1.82, 2.24) is 20.7 Å². The fourth-order valence-corrected chi connectivity index (χ4v) is 1.30. The van der Waals surface area contributed by atoms with Crippen LogP contribution in [0.15, 0.2) is 6.20 Å². The van der Waals surface area contributed by atoms with Crippen molar-refractivity contribution in [2.24, 2.45) is 5.92 Å². The summed E-state index contributed by atoms with van der Waals surface area (Å²) in [4.78, 5) is 22.1. The lowest BCUT2D eigenvalue weighted by Gasteiger charge is -2.15. The van der Waals surface area contributed by atoms with Gasteiger partial charge in [0.2, 0.25) is 0 Å². The fourth-order valence-electron chi connectivity index (χ4n) is 1.30. The fraction of sp³-hybridized carbons (Fsp3) is 0.556. The molecule has 7 heteroatoms. The zero-order chi connectivity index (χ0) is 12.1. The zero-order valence-electron chi connectivity index (χ0n) is 9.10. The molecule has 0 aliphatic rings. The van der Waals surface area contributed by atoms with Gasteiger partial charge in [-0.15, -0.1) is 5.10 Å². The Hall–Kier alpha value is -1.92. The topological polar surface area (TPSA) is 108 Å². The van der Waals surface area contributed by atoms with Gasteiger partial charge in [-0.05, 0) is 13.3 Å². The summed E-state index contributed by atoms with van der Waals surface area (Å²) in [5.74, 6) is -1.70. The Labute approximate surface area is 92.2 Å². The first-order valence-electron chi connectivity index (χ1n) is 4.90. The van der Waals surface area contributed by atoms with Gasteiger partial charge < -0.3 is 10.4 Å². The van der Waals surface area contributed by atoms with E-state index in [0.717, 1.165) is 0 Å². The SMILES string of the molecule is CC(CC(C)C(=O)O)NC(=O)c1cnn[nH]1. The van der Waals surface area contributed by atoms with Gasteiger partial charge in [-0.1, -0.05) is 12.1 Å². The van der Waals surface area contributed by atoms with E-state index in [0.29, 0.717) is 6.42 Å². The van der Waals surface area contributed by atoms with Gasteiger partial charge in [0.25, 0.3) is 5.91 Å². The molecule has 1 heterocycles. The van der Waals surface area contributed by atoms with Crippen LogP contribution in [0.3, 0.4) is 0 Å². The van der Waals surface area contributed by atoms with E-state index in [9.17, 15) is 9.59 Å². The molecule has 1 aromatic heterocycles. The first-order chi connectivity index (χ1) is 7.50. The van der Waals surface area contributed by atoms with Crippen molar-refractivity contribution in [3.8, 4) is 0 Å². The predicted octanol–water partition coefficient (Wildman–Crippen LogP) is 0.0338. The van der Waals surface area contributed by atoms with Crippen LogP contribution in [0.25, 0.3) is 0 Å². The number of H-pyrrole nitrogens is 1. The monoisotopic (exact) mass is 226 g/mol. The number of carbonyl (C=O) groups excluding carboxylic acids is 1. The van der Waals surface area contributed by atoms with Crippen molar-refractivity contribution >= 4 is 11.9 Å². The molecule has 2 unspecified atom stereocenters. The molecule has 2 atom stereocenters. The molecule has 1 rings (SSSR count). The molecule has 0 fully saturated rings.